The monoisotopic (exact) mass is 265 g/mol. The largest absolute Gasteiger partial charge is 0.317 e. The average molecular weight is 265 g/mol. The predicted octanol–water partition coefficient (Wildman–Crippen LogP) is 2.42. The van der Waals surface area contributed by atoms with Gasteiger partial charge in [0.2, 0.25) is 0 Å². The van der Waals surface area contributed by atoms with Crippen LogP contribution < -0.4 is 5.32 Å². The molecule has 0 atom stereocenters. The highest BCUT2D eigenvalue weighted by molar-refractivity contribution is 7.09. The molecule has 1 saturated heterocycles. The second-order valence-electron chi connectivity index (χ2n) is 5.71. The van der Waals surface area contributed by atoms with Gasteiger partial charge in [0.1, 0.15) is 0 Å². The molecular weight excluding hydrogens is 242 g/mol. The summed E-state index contributed by atoms with van der Waals surface area (Å²) in [5.74, 6) is 0.903. The number of aromatic nitrogens is 1. The molecule has 0 bridgehead atoms. The quantitative estimate of drug-likeness (QED) is 0.886. The van der Waals surface area contributed by atoms with E-state index in [1.165, 1.54) is 55.9 Å². The fourth-order valence-electron chi connectivity index (χ4n) is 2.84. The van der Waals surface area contributed by atoms with Crippen LogP contribution in [-0.4, -0.2) is 35.6 Å². The van der Waals surface area contributed by atoms with E-state index >= 15 is 0 Å². The van der Waals surface area contributed by atoms with Gasteiger partial charge in [-0.3, -0.25) is 4.90 Å². The summed E-state index contributed by atoms with van der Waals surface area (Å²) < 4.78 is 0. The zero-order chi connectivity index (χ0) is 12.4. The highest BCUT2D eigenvalue weighted by atomic mass is 32.1. The number of aryl methyl sites for hydroxylation is 1. The van der Waals surface area contributed by atoms with Crippen molar-refractivity contribution in [1.82, 2.24) is 15.2 Å². The van der Waals surface area contributed by atoms with Gasteiger partial charge in [0.25, 0.3) is 0 Å². The third-order valence-corrected chi connectivity index (χ3v) is 5.13. The molecule has 1 aliphatic carbocycles. The van der Waals surface area contributed by atoms with Crippen LogP contribution in [-0.2, 0) is 6.54 Å². The van der Waals surface area contributed by atoms with Crippen molar-refractivity contribution in [1.29, 1.82) is 0 Å². The van der Waals surface area contributed by atoms with Gasteiger partial charge < -0.3 is 5.32 Å². The molecular formula is C14H23N3S. The third kappa shape index (κ3) is 3.11. The van der Waals surface area contributed by atoms with E-state index in [4.69, 9.17) is 0 Å². The maximum Gasteiger partial charge on any atom is 0.0798 e. The smallest absolute Gasteiger partial charge is 0.0798 e. The standard InChI is InChI=1S/C14H23N3S/c1-11-14(18-10-16-11)9-17(13-2-3-13)8-12-4-6-15-7-5-12/h10,12-13,15H,2-9H2,1H3. The van der Waals surface area contributed by atoms with Crippen LogP contribution in [0.15, 0.2) is 5.51 Å². The molecule has 2 heterocycles. The Balaban J connectivity index is 1.59. The van der Waals surface area contributed by atoms with Crippen molar-refractivity contribution in [3.63, 3.8) is 0 Å². The van der Waals surface area contributed by atoms with Crippen molar-refractivity contribution in [2.75, 3.05) is 19.6 Å². The molecule has 1 aliphatic heterocycles. The van der Waals surface area contributed by atoms with Gasteiger partial charge in [-0.25, -0.2) is 4.98 Å². The molecule has 2 aliphatic rings. The number of rotatable bonds is 5. The van der Waals surface area contributed by atoms with Gasteiger partial charge in [-0.05, 0) is 51.6 Å². The molecule has 100 valence electrons. The van der Waals surface area contributed by atoms with E-state index in [1.807, 2.05) is 16.8 Å². The first-order valence-electron chi connectivity index (χ1n) is 7.16. The van der Waals surface area contributed by atoms with Crippen molar-refractivity contribution < 1.29 is 0 Å². The van der Waals surface area contributed by atoms with E-state index in [0.717, 1.165) is 18.5 Å². The highest BCUT2D eigenvalue weighted by Gasteiger charge is 2.31. The molecule has 4 heteroatoms. The van der Waals surface area contributed by atoms with Crippen molar-refractivity contribution in [3.05, 3.63) is 16.1 Å². The lowest BCUT2D eigenvalue weighted by atomic mass is 9.97. The van der Waals surface area contributed by atoms with Crippen LogP contribution in [0.25, 0.3) is 0 Å². The molecule has 0 amide bonds. The Morgan fingerprint density at radius 1 is 1.33 bits per heavy atom. The summed E-state index contributed by atoms with van der Waals surface area (Å²) in [5, 5.41) is 3.46. The van der Waals surface area contributed by atoms with Crippen LogP contribution in [0.3, 0.4) is 0 Å². The van der Waals surface area contributed by atoms with Gasteiger partial charge in [0.05, 0.1) is 11.2 Å². The van der Waals surface area contributed by atoms with E-state index in [2.05, 4.69) is 22.1 Å². The predicted molar refractivity (Wildman–Crippen MR) is 75.9 cm³/mol. The first-order valence-corrected chi connectivity index (χ1v) is 8.04. The van der Waals surface area contributed by atoms with E-state index < -0.39 is 0 Å². The molecule has 3 rings (SSSR count). The number of thiazole rings is 1. The summed E-state index contributed by atoms with van der Waals surface area (Å²) in [5.41, 5.74) is 3.22. The van der Waals surface area contributed by atoms with Crippen molar-refractivity contribution in [3.8, 4) is 0 Å². The molecule has 18 heavy (non-hydrogen) atoms. The topological polar surface area (TPSA) is 28.2 Å². The summed E-state index contributed by atoms with van der Waals surface area (Å²) >= 11 is 1.82. The second-order valence-corrected chi connectivity index (χ2v) is 6.65. The Kier molecular flexibility index (Phi) is 3.97. The van der Waals surface area contributed by atoms with Crippen LogP contribution in [0.2, 0.25) is 0 Å². The zero-order valence-electron chi connectivity index (χ0n) is 11.2. The maximum atomic E-state index is 4.38. The molecule has 1 aromatic heterocycles. The minimum atomic E-state index is 0.862. The molecule has 0 unspecified atom stereocenters. The number of piperidine rings is 1. The number of nitrogens with zero attached hydrogens (tertiary/aromatic N) is 2. The van der Waals surface area contributed by atoms with Crippen LogP contribution >= 0.6 is 11.3 Å². The van der Waals surface area contributed by atoms with Crippen molar-refractivity contribution >= 4 is 11.3 Å². The lowest BCUT2D eigenvalue weighted by Gasteiger charge is -2.30. The summed E-state index contributed by atoms with van der Waals surface area (Å²) in [4.78, 5) is 8.57. The fourth-order valence-corrected chi connectivity index (χ4v) is 3.64. The van der Waals surface area contributed by atoms with Gasteiger partial charge in [-0.2, -0.15) is 0 Å². The Hall–Kier alpha value is -0.450. The highest BCUT2D eigenvalue weighted by Crippen LogP contribution is 2.31. The average Bonchev–Trinajstić information content (AvgIpc) is 3.16. The van der Waals surface area contributed by atoms with Gasteiger partial charge in [0.15, 0.2) is 0 Å². The number of hydrogen-bond acceptors (Lipinski definition) is 4. The Labute approximate surface area is 114 Å². The lowest BCUT2D eigenvalue weighted by molar-refractivity contribution is 0.191. The summed E-state index contributed by atoms with van der Waals surface area (Å²) in [6.45, 7) is 6.99. The normalized spacial score (nSPS) is 21.7. The van der Waals surface area contributed by atoms with Gasteiger partial charge >= 0.3 is 0 Å². The lowest BCUT2D eigenvalue weighted by Crippen LogP contribution is -2.37. The van der Waals surface area contributed by atoms with Crippen LogP contribution in [0.4, 0.5) is 0 Å². The first kappa shape index (κ1) is 12.6. The van der Waals surface area contributed by atoms with Crippen molar-refractivity contribution in [2.24, 2.45) is 5.92 Å². The minimum Gasteiger partial charge on any atom is -0.317 e. The Morgan fingerprint density at radius 3 is 2.72 bits per heavy atom. The van der Waals surface area contributed by atoms with Crippen LogP contribution in [0.5, 0.6) is 0 Å². The van der Waals surface area contributed by atoms with E-state index in [1.54, 1.807) is 0 Å². The van der Waals surface area contributed by atoms with Gasteiger partial charge in [-0.15, -0.1) is 11.3 Å². The summed E-state index contributed by atoms with van der Waals surface area (Å²) in [6.07, 6.45) is 5.52. The Morgan fingerprint density at radius 2 is 2.11 bits per heavy atom. The number of nitrogens with one attached hydrogen (secondary N) is 1. The zero-order valence-corrected chi connectivity index (χ0v) is 12.0. The molecule has 0 aromatic carbocycles. The first-order chi connectivity index (χ1) is 8.83. The molecule has 1 saturated carbocycles. The van der Waals surface area contributed by atoms with E-state index in [9.17, 15) is 0 Å². The van der Waals surface area contributed by atoms with Crippen LogP contribution in [0.1, 0.15) is 36.3 Å². The third-order valence-electron chi connectivity index (χ3n) is 4.21. The molecule has 0 spiro atoms. The Bertz CT molecular complexity index is 380. The van der Waals surface area contributed by atoms with Crippen LogP contribution in [0, 0.1) is 12.8 Å². The van der Waals surface area contributed by atoms with E-state index in [0.29, 0.717) is 0 Å². The molecule has 0 radical (unpaired) electrons. The molecule has 3 nitrogen and oxygen atoms in total. The summed E-state index contributed by atoms with van der Waals surface area (Å²) in [6, 6.07) is 0.862. The molecule has 1 aromatic rings. The fraction of sp³-hybridized carbons (Fsp3) is 0.786. The van der Waals surface area contributed by atoms with Gasteiger partial charge in [-0.1, -0.05) is 0 Å². The molecule has 1 N–H and O–H groups in total. The molecule has 2 fully saturated rings. The summed E-state index contributed by atoms with van der Waals surface area (Å²) in [7, 11) is 0. The SMILES string of the molecule is Cc1ncsc1CN(CC1CCNCC1)C1CC1. The minimum absolute atomic E-state index is 0.862. The second kappa shape index (κ2) is 5.68. The van der Waals surface area contributed by atoms with Crippen molar-refractivity contribution in [2.45, 2.75) is 45.2 Å². The maximum absolute atomic E-state index is 4.38. The van der Waals surface area contributed by atoms with E-state index in [-0.39, 0.29) is 0 Å². The number of hydrogen-bond donors (Lipinski definition) is 1. The van der Waals surface area contributed by atoms with Gasteiger partial charge in [0, 0.05) is 24.0 Å².